The summed E-state index contributed by atoms with van der Waals surface area (Å²) in [4.78, 5) is 12.8. The van der Waals surface area contributed by atoms with Crippen LogP contribution in [0.15, 0.2) is 60.8 Å². The molecule has 1 saturated heterocycles. The number of rotatable bonds is 46. The lowest BCUT2D eigenvalue weighted by Gasteiger charge is -2.41. The SMILES string of the molecule is CC/C=C\C/C=C\C/C=C\C/C=C\C/C=C\CC(=O)OC(COCCCCCCCCCCCCCCCCCCCCCCCCCCC)COC1OC(CO)C(O)C(OS(=O)(=O)O)C1O. The summed E-state index contributed by atoms with van der Waals surface area (Å²) < 4.78 is 59.1. The third kappa shape index (κ3) is 38.3. The molecule has 0 spiro atoms. The zero-order valence-corrected chi connectivity index (χ0v) is 42.8. The molecule has 1 rings (SSSR count). The predicted octanol–water partition coefficient (Wildman–Crippen LogP) is 12.5. The van der Waals surface area contributed by atoms with Crippen molar-refractivity contribution in [3.05, 3.63) is 60.8 Å². The number of hydrogen-bond acceptors (Lipinski definition) is 11. The fraction of sp³-hybridized carbons (Fsp3) is 0.796. The highest BCUT2D eigenvalue weighted by Crippen LogP contribution is 2.26. The number of unbranched alkanes of at least 4 members (excludes halogenated alkanes) is 24. The first-order valence-corrected chi connectivity index (χ1v) is 27.9. The lowest BCUT2D eigenvalue weighted by Crippen LogP contribution is -2.60. The molecule has 0 radical (unpaired) electrons. The summed E-state index contributed by atoms with van der Waals surface area (Å²) in [5, 5.41) is 30.7. The third-order valence-electron chi connectivity index (χ3n) is 11.9. The molecule has 0 amide bonds. The number of allylic oxidation sites excluding steroid dienone is 9. The number of hydrogen-bond donors (Lipinski definition) is 4. The summed E-state index contributed by atoms with van der Waals surface area (Å²) >= 11 is 0. The van der Waals surface area contributed by atoms with Crippen LogP contribution in [0.4, 0.5) is 0 Å². The Morgan fingerprint density at radius 2 is 0.970 bits per heavy atom. The van der Waals surface area contributed by atoms with Crippen LogP contribution in [0, 0.1) is 0 Å². The highest BCUT2D eigenvalue weighted by molar-refractivity contribution is 7.80. The van der Waals surface area contributed by atoms with E-state index in [9.17, 15) is 33.1 Å². The van der Waals surface area contributed by atoms with Crippen molar-refractivity contribution in [1.29, 1.82) is 0 Å². The number of esters is 1. The number of ether oxygens (including phenoxy) is 4. The third-order valence-corrected chi connectivity index (χ3v) is 12.4. The Morgan fingerprint density at radius 3 is 1.37 bits per heavy atom. The minimum atomic E-state index is -5.08. The molecule has 1 fully saturated rings. The average molecular weight is 969 g/mol. The van der Waals surface area contributed by atoms with Gasteiger partial charge in [-0.15, -0.1) is 0 Å². The summed E-state index contributed by atoms with van der Waals surface area (Å²) in [6.45, 7) is 3.78. The number of carbonyl (C=O) groups is 1. The standard InChI is InChI=1S/C54H96O12S/c1-3-5-7-9-11-13-15-17-19-20-21-22-23-24-25-26-27-28-30-32-34-36-38-40-42-44-62-46-48(47-63-54-52(58)53(66-67(59,60)61)51(57)49(45-55)65-54)64-50(56)43-41-39-37-35-33-31-29-18-16-14-12-10-8-6-4-2/h6,8,12,14,18,29,33,35,39,41,48-49,51-55,57-58H,3-5,7,9-11,13,15-17,19-28,30-32,34,36-38,40,42-47H2,1-2H3,(H,59,60,61)/b8-6-,14-12-,29-18-,35-33-,41-39-. The predicted molar refractivity (Wildman–Crippen MR) is 271 cm³/mol. The molecule has 1 aliphatic rings. The fourth-order valence-corrected chi connectivity index (χ4v) is 8.49. The Kier molecular flexibility index (Phi) is 42.2. The molecule has 0 aliphatic carbocycles. The van der Waals surface area contributed by atoms with Crippen LogP contribution in [0.1, 0.15) is 213 Å². The average Bonchev–Trinajstić information content (AvgIpc) is 3.30. The molecule has 0 aromatic heterocycles. The van der Waals surface area contributed by atoms with Gasteiger partial charge in [0.1, 0.15) is 30.5 Å². The smallest absolute Gasteiger partial charge is 0.397 e. The first kappa shape index (κ1) is 62.8. The maximum absolute atomic E-state index is 12.8. The van der Waals surface area contributed by atoms with Crippen molar-refractivity contribution in [2.24, 2.45) is 0 Å². The van der Waals surface area contributed by atoms with Crippen molar-refractivity contribution in [2.45, 2.75) is 250 Å². The molecule has 67 heavy (non-hydrogen) atoms. The maximum atomic E-state index is 12.8. The van der Waals surface area contributed by atoms with Crippen LogP contribution >= 0.6 is 0 Å². The molecule has 4 N–H and O–H groups in total. The van der Waals surface area contributed by atoms with Gasteiger partial charge in [0, 0.05) is 6.61 Å². The molecule has 6 atom stereocenters. The monoisotopic (exact) mass is 969 g/mol. The second kappa shape index (κ2) is 45.0. The van der Waals surface area contributed by atoms with Crippen LogP contribution in [0.2, 0.25) is 0 Å². The van der Waals surface area contributed by atoms with Crippen molar-refractivity contribution in [1.82, 2.24) is 0 Å². The van der Waals surface area contributed by atoms with Crippen molar-refractivity contribution in [2.75, 3.05) is 26.4 Å². The minimum Gasteiger partial charge on any atom is -0.457 e. The van der Waals surface area contributed by atoms with Gasteiger partial charge in [-0.2, -0.15) is 8.42 Å². The summed E-state index contributed by atoms with van der Waals surface area (Å²) in [6, 6.07) is 0. The van der Waals surface area contributed by atoms with Gasteiger partial charge in [0.05, 0.1) is 26.2 Å². The quantitative estimate of drug-likeness (QED) is 0.0197. The van der Waals surface area contributed by atoms with E-state index in [-0.39, 0.29) is 19.6 Å². The number of carbonyl (C=O) groups excluding carboxylic acids is 1. The van der Waals surface area contributed by atoms with Crippen LogP contribution < -0.4 is 0 Å². The summed E-state index contributed by atoms with van der Waals surface area (Å²) in [5.41, 5.74) is 0. The van der Waals surface area contributed by atoms with Crippen LogP contribution in [-0.4, -0.2) is 97.5 Å². The largest absolute Gasteiger partial charge is 0.457 e. The van der Waals surface area contributed by atoms with Crippen molar-refractivity contribution in [3.8, 4) is 0 Å². The second-order valence-electron chi connectivity index (χ2n) is 18.1. The van der Waals surface area contributed by atoms with E-state index in [1.165, 1.54) is 141 Å². The van der Waals surface area contributed by atoms with Gasteiger partial charge in [0.2, 0.25) is 0 Å². The lowest BCUT2D eigenvalue weighted by atomic mass is 9.99. The molecular formula is C54H96O12S. The Labute approximate surface area is 408 Å². The minimum absolute atomic E-state index is 0.00335. The van der Waals surface area contributed by atoms with Crippen LogP contribution in [0.3, 0.4) is 0 Å². The van der Waals surface area contributed by atoms with Crippen molar-refractivity contribution < 1.29 is 56.2 Å². The molecule has 0 aromatic rings. The van der Waals surface area contributed by atoms with Crippen LogP contribution in [0.5, 0.6) is 0 Å². The van der Waals surface area contributed by atoms with Gasteiger partial charge < -0.3 is 34.3 Å². The number of aliphatic hydroxyl groups excluding tert-OH is 3. The van der Waals surface area contributed by atoms with Gasteiger partial charge in [0.25, 0.3) is 0 Å². The molecule has 1 aliphatic heterocycles. The van der Waals surface area contributed by atoms with Crippen molar-refractivity contribution in [3.63, 3.8) is 0 Å². The van der Waals surface area contributed by atoms with E-state index < -0.39 is 59.8 Å². The van der Waals surface area contributed by atoms with E-state index in [0.717, 1.165) is 44.9 Å². The van der Waals surface area contributed by atoms with Gasteiger partial charge in [-0.3, -0.25) is 9.35 Å². The highest BCUT2D eigenvalue weighted by Gasteiger charge is 2.48. The summed E-state index contributed by atoms with van der Waals surface area (Å²) in [5.74, 6) is -0.523. The molecule has 6 unspecified atom stereocenters. The molecule has 0 bridgehead atoms. The Bertz CT molecular complexity index is 1400. The van der Waals surface area contributed by atoms with Gasteiger partial charge in [-0.1, -0.05) is 229 Å². The zero-order valence-electron chi connectivity index (χ0n) is 41.9. The van der Waals surface area contributed by atoms with E-state index in [1.807, 2.05) is 12.2 Å². The Balaban J connectivity index is 2.33. The summed E-state index contributed by atoms with van der Waals surface area (Å²) in [6.07, 6.45) is 48.8. The summed E-state index contributed by atoms with van der Waals surface area (Å²) in [7, 11) is -5.08. The molecule has 0 aromatic carbocycles. The number of aliphatic hydroxyl groups is 3. The molecule has 13 heteroatoms. The normalized spacial score (nSPS) is 19.9. The molecule has 390 valence electrons. The topological polar surface area (TPSA) is 178 Å². The maximum Gasteiger partial charge on any atom is 0.397 e. The van der Waals surface area contributed by atoms with E-state index in [1.54, 1.807) is 6.08 Å². The molecule has 0 saturated carbocycles. The van der Waals surface area contributed by atoms with E-state index in [0.29, 0.717) is 13.0 Å². The first-order chi connectivity index (χ1) is 32.6. The highest BCUT2D eigenvalue weighted by atomic mass is 32.3. The van der Waals surface area contributed by atoms with Crippen LogP contribution in [0.25, 0.3) is 0 Å². The van der Waals surface area contributed by atoms with E-state index in [4.69, 9.17) is 18.9 Å². The first-order valence-electron chi connectivity index (χ1n) is 26.5. The van der Waals surface area contributed by atoms with Gasteiger partial charge in [-0.05, 0) is 38.5 Å². The van der Waals surface area contributed by atoms with E-state index >= 15 is 0 Å². The van der Waals surface area contributed by atoms with E-state index in [2.05, 4.69) is 60.6 Å². The van der Waals surface area contributed by atoms with Gasteiger partial charge in [-0.25, -0.2) is 4.18 Å². The fourth-order valence-electron chi connectivity index (χ4n) is 7.99. The van der Waals surface area contributed by atoms with Crippen LogP contribution in [-0.2, 0) is 38.3 Å². The lowest BCUT2D eigenvalue weighted by molar-refractivity contribution is -0.301. The second-order valence-corrected chi connectivity index (χ2v) is 19.2. The Hall–Kier alpha value is -2.20. The molecule has 12 nitrogen and oxygen atoms in total. The van der Waals surface area contributed by atoms with Gasteiger partial charge >= 0.3 is 16.4 Å². The van der Waals surface area contributed by atoms with Crippen molar-refractivity contribution >= 4 is 16.4 Å². The zero-order chi connectivity index (χ0) is 48.9. The molecule has 1 heterocycles. The Morgan fingerprint density at radius 1 is 0.567 bits per heavy atom. The van der Waals surface area contributed by atoms with Gasteiger partial charge in [0.15, 0.2) is 6.29 Å². The molecular weight excluding hydrogens is 873 g/mol.